The van der Waals surface area contributed by atoms with Crippen LogP contribution in [-0.4, -0.2) is 24.1 Å². The highest BCUT2D eigenvalue weighted by molar-refractivity contribution is 6.40. The number of aromatic nitrogens is 2. The molecule has 5 heteroatoms. The molecule has 0 radical (unpaired) electrons. The third-order valence-electron chi connectivity index (χ3n) is 3.50. The second kappa shape index (κ2) is 4.33. The summed E-state index contributed by atoms with van der Waals surface area (Å²) in [5.74, 6) is 0. The summed E-state index contributed by atoms with van der Waals surface area (Å²) >= 11 is 6.54. The van der Waals surface area contributed by atoms with Gasteiger partial charge in [-0.3, -0.25) is 0 Å². The lowest BCUT2D eigenvalue weighted by Crippen LogP contribution is -2.08. The minimum absolute atomic E-state index is 0.570. The zero-order chi connectivity index (χ0) is 14.6. The molecule has 0 fully saturated rings. The van der Waals surface area contributed by atoms with Gasteiger partial charge in [-0.25, -0.2) is 4.98 Å². The summed E-state index contributed by atoms with van der Waals surface area (Å²) in [4.78, 5) is 10.9. The van der Waals surface area contributed by atoms with Gasteiger partial charge in [-0.2, -0.15) is 4.98 Å². The van der Waals surface area contributed by atoms with E-state index in [0.29, 0.717) is 16.6 Å². The van der Waals surface area contributed by atoms with Crippen LogP contribution >= 0.6 is 11.6 Å². The van der Waals surface area contributed by atoms with Gasteiger partial charge in [-0.15, -0.1) is 0 Å². The first-order chi connectivity index (χ1) is 10.1. The van der Waals surface area contributed by atoms with Gasteiger partial charge in [0.1, 0.15) is 5.52 Å². The first-order valence-electron chi connectivity index (χ1n) is 6.59. The molecule has 0 aliphatic heterocycles. The lowest BCUT2D eigenvalue weighted by molar-refractivity contribution is 0.597. The number of fused-ring (bicyclic) bond motifs is 3. The van der Waals surface area contributed by atoms with Crippen molar-refractivity contribution in [3.8, 4) is 0 Å². The Bertz CT molecular complexity index is 991. The number of hydrogen-bond donors (Lipinski definition) is 0. The minimum Gasteiger partial charge on any atom is -0.423 e. The van der Waals surface area contributed by atoms with E-state index in [2.05, 4.69) is 9.97 Å². The standard InChI is InChI=1S/C16H12ClN3O/c1-20(2)16-19-13-7-10-12(8-14(13)21-16)18-11-6-4-3-5-9(11)15(10)17/h3-8H,1-2H3. The molecular weight excluding hydrogens is 286 g/mol. The van der Waals surface area contributed by atoms with Gasteiger partial charge in [0.05, 0.1) is 16.1 Å². The van der Waals surface area contributed by atoms with Crippen LogP contribution in [0.1, 0.15) is 0 Å². The van der Waals surface area contributed by atoms with Gasteiger partial charge in [0.25, 0.3) is 6.01 Å². The number of anilines is 1. The van der Waals surface area contributed by atoms with Gasteiger partial charge in [0.15, 0.2) is 5.58 Å². The summed E-state index contributed by atoms with van der Waals surface area (Å²) in [5.41, 5.74) is 3.18. The van der Waals surface area contributed by atoms with Crippen LogP contribution in [0.4, 0.5) is 6.01 Å². The normalized spacial score (nSPS) is 11.6. The maximum absolute atomic E-state index is 6.54. The molecule has 4 aromatic rings. The minimum atomic E-state index is 0.570. The first kappa shape index (κ1) is 12.4. The summed E-state index contributed by atoms with van der Waals surface area (Å²) in [6.07, 6.45) is 0. The highest BCUT2D eigenvalue weighted by Gasteiger charge is 2.12. The van der Waals surface area contributed by atoms with Crippen molar-refractivity contribution in [1.29, 1.82) is 0 Å². The molecule has 0 saturated heterocycles. The average Bonchev–Trinajstić information content (AvgIpc) is 2.89. The van der Waals surface area contributed by atoms with Crippen LogP contribution in [0.5, 0.6) is 0 Å². The Morgan fingerprint density at radius 3 is 2.57 bits per heavy atom. The van der Waals surface area contributed by atoms with E-state index in [9.17, 15) is 0 Å². The largest absolute Gasteiger partial charge is 0.423 e. The number of pyridine rings is 1. The lowest BCUT2D eigenvalue weighted by Gasteiger charge is -2.04. The van der Waals surface area contributed by atoms with E-state index in [1.165, 1.54) is 0 Å². The monoisotopic (exact) mass is 297 g/mol. The molecule has 0 amide bonds. The SMILES string of the molecule is CN(C)c1nc2cc3c(Cl)c4ccccc4nc3cc2o1. The quantitative estimate of drug-likeness (QED) is 0.493. The molecule has 4 nitrogen and oxygen atoms in total. The maximum atomic E-state index is 6.54. The molecule has 0 unspecified atom stereocenters. The van der Waals surface area contributed by atoms with Crippen molar-refractivity contribution in [2.75, 3.05) is 19.0 Å². The number of rotatable bonds is 1. The van der Waals surface area contributed by atoms with Gasteiger partial charge in [0.2, 0.25) is 0 Å². The van der Waals surface area contributed by atoms with Crippen molar-refractivity contribution in [3.63, 3.8) is 0 Å². The number of oxazole rings is 1. The molecule has 21 heavy (non-hydrogen) atoms. The molecule has 0 bridgehead atoms. The zero-order valence-electron chi connectivity index (χ0n) is 11.6. The fraction of sp³-hybridized carbons (Fsp3) is 0.125. The summed E-state index contributed by atoms with van der Waals surface area (Å²) < 4.78 is 5.72. The van der Waals surface area contributed by atoms with E-state index in [4.69, 9.17) is 16.0 Å². The first-order valence-corrected chi connectivity index (χ1v) is 6.97. The van der Waals surface area contributed by atoms with Crippen LogP contribution in [0.3, 0.4) is 0 Å². The van der Waals surface area contributed by atoms with E-state index in [1.54, 1.807) is 0 Å². The number of nitrogens with zero attached hydrogens (tertiary/aromatic N) is 3. The van der Waals surface area contributed by atoms with E-state index in [1.807, 2.05) is 55.4 Å². The summed E-state index contributed by atoms with van der Waals surface area (Å²) in [5, 5.41) is 2.54. The number of halogens is 1. The van der Waals surface area contributed by atoms with Crippen LogP contribution < -0.4 is 4.90 Å². The Hall–Kier alpha value is -2.33. The van der Waals surface area contributed by atoms with Gasteiger partial charge >= 0.3 is 0 Å². The summed E-state index contributed by atoms with van der Waals surface area (Å²) in [6, 6.07) is 12.2. The average molecular weight is 298 g/mol. The van der Waals surface area contributed by atoms with E-state index in [-0.39, 0.29) is 0 Å². The Labute approximate surface area is 126 Å². The van der Waals surface area contributed by atoms with Gasteiger partial charge < -0.3 is 9.32 Å². The van der Waals surface area contributed by atoms with Gasteiger partial charge in [0, 0.05) is 30.9 Å². The maximum Gasteiger partial charge on any atom is 0.297 e. The van der Waals surface area contributed by atoms with Crippen molar-refractivity contribution < 1.29 is 4.42 Å². The van der Waals surface area contributed by atoms with Gasteiger partial charge in [-0.1, -0.05) is 29.8 Å². The Kier molecular flexibility index (Phi) is 2.56. The molecule has 2 aromatic carbocycles. The smallest absolute Gasteiger partial charge is 0.297 e. The van der Waals surface area contributed by atoms with Crippen LogP contribution in [0.2, 0.25) is 5.02 Å². The topological polar surface area (TPSA) is 42.2 Å². The predicted molar refractivity (Wildman–Crippen MR) is 86.2 cm³/mol. The molecular formula is C16H12ClN3O. The highest BCUT2D eigenvalue weighted by atomic mass is 35.5. The number of para-hydroxylation sites is 1. The second-order valence-corrected chi connectivity index (χ2v) is 5.55. The Balaban J connectivity index is 2.13. The van der Waals surface area contributed by atoms with E-state index in [0.717, 1.165) is 27.3 Å². The summed E-state index contributed by atoms with van der Waals surface area (Å²) in [6.45, 7) is 0. The predicted octanol–water partition coefficient (Wildman–Crippen LogP) is 4.25. The molecule has 2 aromatic heterocycles. The molecule has 2 heterocycles. The van der Waals surface area contributed by atoms with Crippen molar-refractivity contribution >= 4 is 50.5 Å². The molecule has 0 aliphatic carbocycles. The van der Waals surface area contributed by atoms with Crippen LogP contribution in [0.15, 0.2) is 40.8 Å². The highest BCUT2D eigenvalue weighted by Crippen LogP contribution is 2.33. The molecule has 0 atom stereocenters. The molecule has 0 aliphatic rings. The Morgan fingerprint density at radius 2 is 1.76 bits per heavy atom. The zero-order valence-corrected chi connectivity index (χ0v) is 12.3. The fourth-order valence-electron chi connectivity index (χ4n) is 2.44. The van der Waals surface area contributed by atoms with Crippen molar-refractivity contribution in [2.45, 2.75) is 0 Å². The third kappa shape index (κ3) is 1.83. The molecule has 104 valence electrons. The molecule has 0 saturated carbocycles. The van der Waals surface area contributed by atoms with Crippen molar-refractivity contribution in [1.82, 2.24) is 9.97 Å². The molecule has 4 rings (SSSR count). The summed E-state index contributed by atoms with van der Waals surface area (Å²) in [7, 11) is 3.79. The Morgan fingerprint density at radius 1 is 0.952 bits per heavy atom. The van der Waals surface area contributed by atoms with Crippen LogP contribution in [-0.2, 0) is 0 Å². The van der Waals surface area contributed by atoms with Crippen LogP contribution in [0.25, 0.3) is 32.9 Å². The van der Waals surface area contributed by atoms with Gasteiger partial charge in [-0.05, 0) is 12.1 Å². The third-order valence-corrected chi connectivity index (χ3v) is 3.90. The van der Waals surface area contributed by atoms with Crippen molar-refractivity contribution in [2.24, 2.45) is 0 Å². The van der Waals surface area contributed by atoms with Crippen LogP contribution in [0, 0.1) is 0 Å². The fourth-order valence-corrected chi connectivity index (χ4v) is 2.75. The molecule has 0 N–H and O–H groups in total. The van der Waals surface area contributed by atoms with Crippen molar-refractivity contribution in [3.05, 3.63) is 41.4 Å². The number of hydrogen-bond acceptors (Lipinski definition) is 4. The van der Waals surface area contributed by atoms with E-state index >= 15 is 0 Å². The second-order valence-electron chi connectivity index (χ2n) is 5.17. The van der Waals surface area contributed by atoms with E-state index < -0.39 is 0 Å². The lowest BCUT2D eigenvalue weighted by atomic mass is 10.1. The molecule has 0 spiro atoms. The number of benzene rings is 2.